The van der Waals surface area contributed by atoms with Crippen LogP contribution in [0.4, 0.5) is 0 Å². The second-order valence-electron chi connectivity index (χ2n) is 4.36. The van der Waals surface area contributed by atoms with Crippen molar-refractivity contribution in [2.24, 2.45) is 0 Å². The number of carbonyl (C=O) groups is 1. The van der Waals surface area contributed by atoms with Gasteiger partial charge in [0, 0.05) is 12.7 Å². The molecule has 1 aromatic carbocycles. The highest BCUT2D eigenvalue weighted by Gasteiger charge is 2.20. The van der Waals surface area contributed by atoms with Crippen LogP contribution in [0.2, 0.25) is 0 Å². The minimum Gasteiger partial charge on any atom is -0.344 e. The zero-order chi connectivity index (χ0) is 13.4. The zero-order valence-electron chi connectivity index (χ0n) is 10.6. The van der Waals surface area contributed by atoms with Gasteiger partial charge in [0.25, 0.3) is 0 Å². The monoisotopic (exact) mass is 269 g/mol. The van der Waals surface area contributed by atoms with Crippen molar-refractivity contribution in [2.45, 2.75) is 19.9 Å². The van der Waals surface area contributed by atoms with Crippen LogP contribution < -0.4 is 5.32 Å². The first-order chi connectivity index (χ1) is 8.53. The first kappa shape index (κ1) is 15.1. The van der Waals surface area contributed by atoms with E-state index in [1.54, 1.807) is 0 Å². The van der Waals surface area contributed by atoms with Gasteiger partial charge >= 0.3 is 0 Å². The fourth-order valence-corrected chi connectivity index (χ4v) is 3.22. The molecular weight excluding hydrogens is 249 g/mol. The Balaban J connectivity index is 2.28. The standard InChI is InChI=1S/C13H20NO3P/c1-2-8-18(16,17)11-13(15)10-14-9-12-6-4-3-5-7-12/h3-7,14H,2,8-11H2,1H3,(H,16,17). The molecule has 1 aromatic rings. The lowest BCUT2D eigenvalue weighted by Crippen LogP contribution is -2.25. The summed E-state index contributed by atoms with van der Waals surface area (Å²) in [7, 11) is -3.25. The summed E-state index contributed by atoms with van der Waals surface area (Å²) in [4.78, 5) is 21.0. The predicted molar refractivity (Wildman–Crippen MR) is 73.0 cm³/mol. The normalized spacial score (nSPS) is 14.1. The first-order valence-corrected chi connectivity index (χ1v) is 8.13. The molecule has 1 unspecified atom stereocenters. The first-order valence-electron chi connectivity index (χ1n) is 6.10. The van der Waals surface area contributed by atoms with Crippen LogP contribution in [0.5, 0.6) is 0 Å². The average Bonchev–Trinajstić information content (AvgIpc) is 2.29. The smallest absolute Gasteiger partial charge is 0.207 e. The predicted octanol–water partition coefficient (Wildman–Crippen LogP) is 2.03. The molecule has 0 aliphatic heterocycles. The number of hydrogen-bond donors (Lipinski definition) is 2. The van der Waals surface area contributed by atoms with Gasteiger partial charge in [-0.05, 0) is 12.0 Å². The molecule has 2 N–H and O–H groups in total. The van der Waals surface area contributed by atoms with Crippen molar-refractivity contribution in [3.63, 3.8) is 0 Å². The van der Waals surface area contributed by atoms with E-state index < -0.39 is 7.37 Å². The highest BCUT2D eigenvalue weighted by atomic mass is 31.2. The number of Topliss-reactive ketones (excluding diaryl/α,β-unsaturated/α-hetero) is 1. The van der Waals surface area contributed by atoms with E-state index in [0.717, 1.165) is 5.56 Å². The fourth-order valence-electron chi connectivity index (χ4n) is 1.70. The maximum Gasteiger partial charge on any atom is 0.207 e. The second kappa shape index (κ2) is 7.47. The molecule has 0 fully saturated rings. The summed E-state index contributed by atoms with van der Waals surface area (Å²) < 4.78 is 11.6. The molecule has 1 rings (SSSR count). The van der Waals surface area contributed by atoms with Crippen molar-refractivity contribution in [3.05, 3.63) is 35.9 Å². The number of ketones is 1. The SMILES string of the molecule is CCCP(=O)(O)CC(=O)CNCc1ccccc1. The summed E-state index contributed by atoms with van der Waals surface area (Å²) in [5.41, 5.74) is 1.09. The molecule has 0 bridgehead atoms. The van der Waals surface area contributed by atoms with Gasteiger partial charge in [0.1, 0.15) is 0 Å². The number of benzene rings is 1. The highest BCUT2D eigenvalue weighted by Crippen LogP contribution is 2.40. The molecule has 0 amide bonds. The summed E-state index contributed by atoms with van der Waals surface area (Å²) in [6.07, 6.45) is 0.624. The van der Waals surface area contributed by atoms with E-state index in [9.17, 15) is 14.3 Å². The van der Waals surface area contributed by atoms with Crippen molar-refractivity contribution >= 4 is 13.2 Å². The zero-order valence-corrected chi connectivity index (χ0v) is 11.5. The van der Waals surface area contributed by atoms with E-state index in [0.29, 0.717) is 13.0 Å². The van der Waals surface area contributed by atoms with Crippen molar-refractivity contribution in [1.29, 1.82) is 0 Å². The Morgan fingerprint density at radius 1 is 1.33 bits per heavy atom. The molecule has 0 aromatic heterocycles. The van der Waals surface area contributed by atoms with Gasteiger partial charge in [-0.25, -0.2) is 0 Å². The molecule has 0 saturated heterocycles. The lowest BCUT2D eigenvalue weighted by atomic mass is 10.2. The number of carbonyl (C=O) groups excluding carboxylic acids is 1. The maximum absolute atomic E-state index is 11.6. The van der Waals surface area contributed by atoms with Crippen LogP contribution in [0.15, 0.2) is 30.3 Å². The van der Waals surface area contributed by atoms with Crippen molar-refractivity contribution in [3.8, 4) is 0 Å². The molecule has 1 atom stereocenters. The van der Waals surface area contributed by atoms with Crippen LogP contribution in [0.1, 0.15) is 18.9 Å². The van der Waals surface area contributed by atoms with Crippen LogP contribution in [-0.2, 0) is 15.9 Å². The van der Waals surface area contributed by atoms with Crippen LogP contribution >= 0.6 is 7.37 Å². The van der Waals surface area contributed by atoms with E-state index in [4.69, 9.17) is 0 Å². The molecule has 0 spiro atoms. The third kappa shape index (κ3) is 6.10. The van der Waals surface area contributed by atoms with E-state index in [2.05, 4.69) is 5.32 Å². The van der Waals surface area contributed by atoms with Gasteiger partial charge in [0.15, 0.2) is 5.78 Å². The third-order valence-corrected chi connectivity index (χ3v) is 4.48. The minimum absolute atomic E-state index is 0.142. The molecule has 0 aliphatic carbocycles. The Kier molecular flexibility index (Phi) is 6.27. The summed E-state index contributed by atoms with van der Waals surface area (Å²) in [6.45, 7) is 2.57. The molecule has 0 radical (unpaired) electrons. The second-order valence-corrected chi connectivity index (χ2v) is 6.81. The molecule has 0 heterocycles. The van der Waals surface area contributed by atoms with Crippen molar-refractivity contribution in [2.75, 3.05) is 18.9 Å². The molecule has 100 valence electrons. The van der Waals surface area contributed by atoms with Crippen LogP contribution in [0, 0.1) is 0 Å². The molecule has 4 nitrogen and oxygen atoms in total. The van der Waals surface area contributed by atoms with E-state index in [1.165, 1.54) is 0 Å². The van der Waals surface area contributed by atoms with E-state index in [-0.39, 0.29) is 24.7 Å². The largest absolute Gasteiger partial charge is 0.344 e. The topological polar surface area (TPSA) is 66.4 Å². The van der Waals surface area contributed by atoms with Gasteiger partial charge in [-0.2, -0.15) is 0 Å². The Bertz CT molecular complexity index is 420. The van der Waals surface area contributed by atoms with E-state index in [1.807, 2.05) is 37.3 Å². The van der Waals surface area contributed by atoms with Gasteiger partial charge in [-0.3, -0.25) is 9.36 Å². The Hall–Kier alpha value is -0.960. The van der Waals surface area contributed by atoms with Crippen LogP contribution in [0.3, 0.4) is 0 Å². The lowest BCUT2D eigenvalue weighted by molar-refractivity contribution is -0.116. The molecule has 5 heteroatoms. The number of nitrogens with one attached hydrogen (secondary N) is 1. The summed E-state index contributed by atoms with van der Waals surface area (Å²) in [5.74, 6) is -0.204. The lowest BCUT2D eigenvalue weighted by Gasteiger charge is -2.09. The molecular formula is C13H20NO3P. The molecule has 0 saturated carbocycles. The highest BCUT2D eigenvalue weighted by molar-refractivity contribution is 7.58. The average molecular weight is 269 g/mol. The van der Waals surface area contributed by atoms with Gasteiger partial charge in [-0.15, -0.1) is 0 Å². The van der Waals surface area contributed by atoms with Gasteiger partial charge in [0.05, 0.1) is 12.7 Å². The quantitative estimate of drug-likeness (QED) is 0.709. The third-order valence-electron chi connectivity index (χ3n) is 2.49. The van der Waals surface area contributed by atoms with Crippen LogP contribution in [-0.4, -0.2) is 29.5 Å². The van der Waals surface area contributed by atoms with Crippen molar-refractivity contribution < 1.29 is 14.3 Å². The van der Waals surface area contributed by atoms with Crippen molar-refractivity contribution in [1.82, 2.24) is 5.32 Å². The van der Waals surface area contributed by atoms with Crippen LogP contribution in [0.25, 0.3) is 0 Å². The van der Waals surface area contributed by atoms with Gasteiger partial charge < -0.3 is 10.2 Å². The van der Waals surface area contributed by atoms with Gasteiger partial charge in [0.2, 0.25) is 7.37 Å². The Morgan fingerprint density at radius 2 is 2.00 bits per heavy atom. The van der Waals surface area contributed by atoms with E-state index >= 15 is 0 Å². The minimum atomic E-state index is -3.25. The molecule has 0 aliphatic rings. The number of rotatable bonds is 8. The Morgan fingerprint density at radius 3 is 2.61 bits per heavy atom. The summed E-state index contributed by atoms with van der Waals surface area (Å²) >= 11 is 0. The summed E-state index contributed by atoms with van der Waals surface area (Å²) in [5, 5.41) is 2.98. The fraction of sp³-hybridized carbons (Fsp3) is 0.462. The molecule has 18 heavy (non-hydrogen) atoms. The number of hydrogen-bond acceptors (Lipinski definition) is 3. The Labute approximate surface area is 108 Å². The summed E-state index contributed by atoms with van der Waals surface area (Å²) in [6, 6.07) is 9.72. The maximum atomic E-state index is 11.6. The van der Waals surface area contributed by atoms with Gasteiger partial charge in [-0.1, -0.05) is 37.3 Å².